The number of quaternary nitrogens is 1. The normalized spacial score (nSPS) is 21.6. The van der Waals surface area contributed by atoms with E-state index in [2.05, 4.69) is 5.32 Å². The minimum absolute atomic E-state index is 0.107. The van der Waals surface area contributed by atoms with Crippen molar-refractivity contribution in [3.63, 3.8) is 0 Å². The lowest BCUT2D eigenvalue weighted by molar-refractivity contribution is -0.907. The molecule has 0 spiro atoms. The van der Waals surface area contributed by atoms with Crippen molar-refractivity contribution in [3.8, 4) is 11.1 Å². The van der Waals surface area contributed by atoms with E-state index in [4.69, 9.17) is 9.47 Å². The lowest BCUT2D eigenvalue weighted by Crippen LogP contribution is -3.16. The molecule has 1 aromatic heterocycles. The molecular weight excluding hydrogens is 388 g/mol. The first-order valence-corrected chi connectivity index (χ1v) is 10.9. The number of anilines is 1. The largest absolute Gasteiger partial charge is 0.462 e. The molecule has 156 valence electrons. The molecule has 29 heavy (non-hydrogen) atoms. The summed E-state index contributed by atoms with van der Waals surface area (Å²) in [6.07, 6.45) is 0.262. The number of morpholine rings is 1. The molecule has 0 bridgehead atoms. The Kier molecular flexibility index (Phi) is 7.05. The predicted octanol–water partition coefficient (Wildman–Crippen LogP) is 2.53. The number of carbonyl (C=O) groups is 2. The Morgan fingerprint density at radius 1 is 1.21 bits per heavy atom. The molecule has 0 radical (unpaired) electrons. The van der Waals surface area contributed by atoms with Crippen LogP contribution in [0.4, 0.5) is 5.00 Å². The molecular formula is C22H29N2O4S+. The standard InChI is InChI=1S/C22H28N2O4S/c1-5-27-22(26)20-18(17-8-6-14(2)7-9-17)13-29-21(20)23-19(25)12-24-10-15(3)28-16(4)11-24/h6-9,13,15-16H,5,10-12H2,1-4H3,(H,23,25)/p+1/t15-,16-/m0/s1. The Morgan fingerprint density at radius 3 is 2.48 bits per heavy atom. The Hall–Kier alpha value is -2.22. The third kappa shape index (κ3) is 5.44. The third-order valence-electron chi connectivity index (χ3n) is 4.91. The second-order valence-electron chi connectivity index (χ2n) is 7.58. The number of rotatable bonds is 6. The molecule has 2 heterocycles. The van der Waals surface area contributed by atoms with Gasteiger partial charge in [0, 0.05) is 10.9 Å². The van der Waals surface area contributed by atoms with Gasteiger partial charge >= 0.3 is 5.97 Å². The van der Waals surface area contributed by atoms with Crippen molar-refractivity contribution < 1.29 is 24.0 Å². The molecule has 1 fully saturated rings. The highest BCUT2D eigenvalue weighted by Crippen LogP contribution is 2.36. The van der Waals surface area contributed by atoms with Gasteiger partial charge in [0.05, 0.1) is 6.61 Å². The van der Waals surface area contributed by atoms with Crippen LogP contribution in [0.15, 0.2) is 29.6 Å². The van der Waals surface area contributed by atoms with Gasteiger partial charge in [-0.1, -0.05) is 29.8 Å². The molecule has 0 unspecified atom stereocenters. The highest BCUT2D eigenvalue weighted by atomic mass is 32.1. The number of hydrogen-bond donors (Lipinski definition) is 2. The average molecular weight is 418 g/mol. The van der Waals surface area contributed by atoms with E-state index < -0.39 is 5.97 Å². The number of nitrogens with one attached hydrogen (secondary N) is 2. The molecule has 3 rings (SSSR count). The van der Waals surface area contributed by atoms with E-state index in [1.165, 1.54) is 16.2 Å². The number of esters is 1. The second-order valence-corrected chi connectivity index (χ2v) is 8.46. The lowest BCUT2D eigenvalue weighted by atomic mass is 10.0. The van der Waals surface area contributed by atoms with E-state index in [1.807, 2.05) is 50.4 Å². The van der Waals surface area contributed by atoms with Gasteiger partial charge in [-0.25, -0.2) is 4.79 Å². The summed E-state index contributed by atoms with van der Waals surface area (Å²) >= 11 is 1.35. The summed E-state index contributed by atoms with van der Waals surface area (Å²) in [6.45, 7) is 10.1. The van der Waals surface area contributed by atoms with Crippen molar-refractivity contribution in [3.05, 3.63) is 40.8 Å². The lowest BCUT2D eigenvalue weighted by Gasteiger charge is -2.31. The quantitative estimate of drug-likeness (QED) is 0.709. The molecule has 2 N–H and O–H groups in total. The molecule has 2 atom stereocenters. The first-order chi connectivity index (χ1) is 13.9. The van der Waals surface area contributed by atoms with E-state index >= 15 is 0 Å². The molecule has 2 aromatic rings. The Morgan fingerprint density at radius 2 is 1.86 bits per heavy atom. The number of benzene rings is 1. The van der Waals surface area contributed by atoms with Gasteiger partial charge in [0.25, 0.3) is 5.91 Å². The summed E-state index contributed by atoms with van der Waals surface area (Å²) < 4.78 is 11.0. The highest BCUT2D eigenvalue weighted by molar-refractivity contribution is 7.15. The molecule has 6 nitrogen and oxygen atoms in total. The Bertz CT molecular complexity index is 852. The van der Waals surface area contributed by atoms with Gasteiger partial charge in [-0.15, -0.1) is 11.3 Å². The first-order valence-electron chi connectivity index (χ1n) is 10.0. The van der Waals surface area contributed by atoms with Gasteiger partial charge < -0.3 is 19.7 Å². The van der Waals surface area contributed by atoms with E-state index in [0.717, 1.165) is 29.8 Å². The number of carbonyl (C=O) groups excluding carboxylic acids is 2. The molecule has 1 saturated heterocycles. The Balaban J connectivity index is 1.80. The fraction of sp³-hybridized carbons (Fsp3) is 0.455. The monoisotopic (exact) mass is 417 g/mol. The van der Waals surface area contributed by atoms with Crippen molar-refractivity contribution in [2.24, 2.45) is 0 Å². The Labute approximate surface area is 175 Å². The zero-order valence-corrected chi connectivity index (χ0v) is 18.2. The summed E-state index contributed by atoms with van der Waals surface area (Å²) in [7, 11) is 0. The van der Waals surface area contributed by atoms with Gasteiger partial charge in [0.1, 0.15) is 35.9 Å². The third-order valence-corrected chi connectivity index (χ3v) is 5.81. The fourth-order valence-corrected chi connectivity index (χ4v) is 4.71. The number of amides is 1. The number of hydrogen-bond acceptors (Lipinski definition) is 5. The summed E-state index contributed by atoms with van der Waals surface area (Å²) in [6, 6.07) is 7.97. The van der Waals surface area contributed by atoms with Crippen molar-refractivity contribution >= 4 is 28.2 Å². The average Bonchev–Trinajstić information content (AvgIpc) is 3.05. The van der Waals surface area contributed by atoms with Crippen LogP contribution >= 0.6 is 11.3 Å². The smallest absolute Gasteiger partial charge is 0.341 e. The van der Waals surface area contributed by atoms with Crippen molar-refractivity contribution in [1.82, 2.24) is 0 Å². The van der Waals surface area contributed by atoms with E-state index in [0.29, 0.717) is 17.1 Å². The van der Waals surface area contributed by atoms with Gasteiger partial charge in [0.15, 0.2) is 6.54 Å². The molecule has 1 aliphatic rings. The fourth-order valence-electron chi connectivity index (χ4n) is 3.73. The summed E-state index contributed by atoms with van der Waals surface area (Å²) in [5.41, 5.74) is 3.28. The van der Waals surface area contributed by atoms with E-state index in [1.54, 1.807) is 6.92 Å². The molecule has 1 amide bonds. The molecule has 1 aliphatic heterocycles. The maximum Gasteiger partial charge on any atom is 0.341 e. The number of ether oxygens (including phenoxy) is 2. The SMILES string of the molecule is CCOC(=O)c1c(-c2ccc(C)cc2)csc1NC(=O)C[NH+]1C[C@H](C)O[C@@H](C)C1. The van der Waals surface area contributed by atoms with Crippen LogP contribution in [0, 0.1) is 6.92 Å². The van der Waals surface area contributed by atoms with Crippen LogP contribution in [0.5, 0.6) is 0 Å². The van der Waals surface area contributed by atoms with Crippen LogP contribution < -0.4 is 10.2 Å². The number of thiophene rings is 1. The minimum atomic E-state index is -0.416. The van der Waals surface area contributed by atoms with Gasteiger partial charge in [-0.05, 0) is 33.3 Å². The summed E-state index contributed by atoms with van der Waals surface area (Å²) in [5.74, 6) is -0.523. The summed E-state index contributed by atoms with van der Waals surface area (Å²) in [4.78, 5) is 26.5. The molecule has 0 aliphatic carbocycles. The van der Waals surface area contributed by atoms with Crippen LogP contribution in [0.2, 0.25) is 0 Å². The summed E-state index contributed by atoms with van der Waals surface area (Å²) in [5, 5.41) is 5.39. The maximum atomic E-state index is 12.7. The zero-order valence-electron chi connectivity index (χ0n) is 17.4. The first kappa shape index (κ1) is 21.5. The van der Waals surface area contributed by atoms with Gasteiger partial charge in [0.2, 0.25) is 0 Å². The van der Waals surface area contributed by atoms with Gasteiger partial charge in [-0.3, -0.25) is 4.79 Å². The van der Waals surface area contributed by atoms with E-state index in [9.17, 15) is 9.59 Å². The van der Waals surface area contributed by atoms with Crippen LogP contribution in [-0.4, -0.2) is 50.3 Å². The molecule has 1 aromatic carbocycles. The van der Waals surface area contributed by atoms with Gasteiger partial charge in [-0.2, -0.15) is 0 Å². The molecule has 7 heteroatoms. The number of aryl methyl sites for hydroxylation is 1. The van der Waals surface area contributed by atoms with Crippen LogP contribution in [0.25, 0.3) is 11.1 Å². The van der Waals surface area contributed by atoms with Crippen LogP contribution in [0.3, 0.4) is 0 Å². The maximum absolute atomic E-state index is 12.7. The minimum Gasteiger partial charge on any atom is -0.462 e. The zero-order chi connectivity index (χ0) is 21.0. The predicted molar refractivity (Wildman–Crippen MR) is 115 cm³/mol. The highest BCUT2D eigenvalue weighted by Gasteiger charge is 2.28. The molecule has 0 saturated carbocycles. The van der Waals surface area contributed by atoms with Crippen molar-refractivity contribution in [2.75, 3.05) is 31.6 Å². The van der Waals surface area contributed by atoms with Crippen molar-refractivity contribution in [2.45, 2.75) is 39.9 Å². The van der Waals surface area contributed by atoms with Crippen molar-refractivity contribution in [1.29, 1.82) is 0 Å². The van der Waals surface area contributed by atoms with E-state index in [-0.39, 0.29) is 24.7 Å². The topological polar surface area (TPSA) is 69.1 Å². The second kappa shape index (κ2) is 9.52. The van der Waals surface area contributed by atoms with Crippen LogP contribution in [-0.2, 0) is 14.3 Å². The van der Waals surface area contributed by atoms with Crippen LogP contribution in [0.1, 0.15) is 36.7 Å².